The van der Waals surface area contributed by atoms with Crippen molar-refractivity contribution in [2.24, 2.45) is 0 Å². The van der Waals surface area contributed by atoms with Crippen LogP contribution in [0.4, 0.5) is 5.69 Å². The quantitative estimate of drug-likeness (QED) is 0.818. The van der Waals surface area contributed by atoms with Crippen LogP contribution in [-0.2, 0) is 4.79 Å². The Labute approximate surface area is 131 Å². The van der Waals surface area contributed by atoms with Crippen molar-refractivity contribution in [2.45, 2.75) is 19.4 Å². The number of thiophene rings is 1. The van der Waals surface area contributed by atoms with Gasteiger partial charge in [-0.15, -0.1) is 11.3 Å². The molecular formula is C15H17BrN2OS. The minimum absolute atomic E-state index is 0.0295. The van der Waals surface area contributed by atoms with Gasteiger partial charge in [-0.3, -0.25) is 4.79 Å². The molecule has 2 N–H and O–H groups in total. The van der Waals surface area contributed by atoms with E-state index in [1.54, 1.807) is 11.3 Å². The van der Waals surface area contributed by atoms with Crippen LogP contribution in [0.2, 0.25) is 0 Å². The van der Waals surface area contributed by atoms with Crippen molar-refractivity contribution in [3.8, 4) is 0 Å². The smallest absolute Gasteiger partial charge is 0.238 e. The van der Waals surface area contributed by atoms with Crippen LogP contribution in [0, 0.1) is 0 Å². The lowest BCUT2D eigenvalue weighted by molar-refractivity contribution is -0.115. The first-order valence-corrected chi connectivity index (χ1v) is 8.18. The molecule has 0 bridgehead atoms. The second-order valence-corrected chi connectivity index (χ2v) is 6.31. The average molecular weight is 353 g/mol. The Morgan fingerprint density at radius 1 is 1.35 bits per heavy atom. The summed E-state index contributed by atoms with van der Waals surface area (Å²) >= 11 is 5.10. The van der Waals surface area contributed by atoms with Crippen molar-refractivity contribution >= 4 is 38.9 Å². The van der Waals surface area contributed by atoms with Crippen LogP contribution in [0.5, 0.6) is 0 Å². The van der Waals surface area contributed by atoms with E-state index in [0.29, 0.717) is 6.54 Å². The summed E-state index contributed by atoms with van der Waals surface area (Å²) in [5.41, 5.74) is 0.801. The fourth-order valence-electron chi connectivity index (χ4n) is 1.92. The largest absolute Gasteiger partial charge is 0.325 e. The van der Waals surface area contributed by atoms with E-state index in [1.165, 1.54) is 4.88 Å². The molecule has 0 fully saturated rings. The second kappa shape index (κ2) is 7.57. The minimum atomic E-state index is -0.0295. The number of carbonyl (C=O) groups is 1. The molecule has 2 aromatic rings. The Hall–Kier alpha value is -1.17. The lowest BCUT2D eigenvalue weighted by Gasteiger charge is -2.15. The van der Waals surface area contributed by atoms with Crippen molar-refractivity contribution in [2.75, 3.05) is 11.9 Å². The van der Waals surface area contributed by atoms with Gasteiger partial charge in [-0.2, -0.15) is 0 Å². The molecule has 0 aliphatic carbocycles. The molecule has 1 amide bonds. The second-order valence-electron chi connectivity index (χ2n) is 4.42. The number of halogens is 1. The zero-order valence-electron chi connectivity index (χ0n) is 11.2. The van der Waals surface area contributed by atoms with Gasteiger partial charge in [-0.25, -0.2) is 0 Å². The van der Waals surface area contributed by atoms with Crippen LogP contribution in [0.15, 0.2) is 46.3 Å². The lowest BCUT2D eigenvalue weighted by atomic mass is 10.2. The van der Waals surface area contributed by atoms with Gasteiger partial charge < -0.3 is 10.6 Å². The van der Waals surface area contributed by atoms with E-state index < -0.39 is 0 Å². The zero-order valence-corrected chi connectivity index (χ0v) is 13.6. The number of benzene rings is 1. The third-order valence-corrected chi connectivity index (χ3v) is 4.39. The minimum Gasteiger partial charge on any atom is -0.325 e. The molecule has 0 aliphatic rings. The lowest BCUT2D eigenvalue weighted by Crippen LogP contribution is -2.30. The molecule has 1 atom stereocenters. The van der Waals surface area contributed by atoms with Crippen LogP contribution in [0.3, 0.4) is 0 Å². The van der Waals surface area contributed by atoms with Crippen LogP contribution in [0.25, 0.3) is 0 Å². The summed E-state index contributed by atoms with van der Waals surface area (Å²) in [5, 5.41) is 8.23. The van der Waals surface area contributed by atoms with E-state index in [-0.39, 0.29) is 11.9 Å². The maximum absolute atomic E-state index is 11.9. The topological polar surface area (TPSA) is 41.1 Å². The Kier molecular flexibility index (Phi) is 5.76. The third-order valence-electron chi connectivity index (χ3n) is 2.91. The number of anilines is 1. The maximum Gasteiger partial charge on any atom is 0.238 e. The summed E-state index contributed by atoms with van der Waals surface area (Å²) in [4.78, 5) is 13.2. The van der Waals surface area contributed by atoms with E-state index in [2.05, 4.69) is 44.9 Å². The first kappa shape index (κ1) is 15.2. The van der Waals surface area contributed by atoms with Gasteiger partial charge >= 0.3 is 0 Å². The first-order chi connectivity index (χ1) is 9.69. The van der Waals surface area contributed by atoms with Crippen LogP contribution in [0.1, 0.15) is 24.3 Å². The summed E-state index contributed by atoms with van der Waals surface area (Å²) < 4.78 is 0.952. The van der Waals surface area contributed by atoms with Crippen molar-refractivity contribution in [3.05, 3.63) is 51.1 Å². The van der Waals surface area contributed by atoms with Crippen molar-refractivity contribution < 1.29 is 4.79 Å². The standard InChI is InChI=1S/C15H17BrN2OS/c1-2-13(14-7-4-8-20-14)17-10-15(19)18-12-6-3-5-11(16)9-12/h3-9,13,17H,2,10H2,1H3,(H,18,19). The van der Waals surface area contributed by atoms with Crippen LogP contribution >= 0.6 is 27.3 Å². The molecule has 0 saturated carbocycles. The van der Waals surface area contributed by atoms with Gasteiger partial charge in [0.05, 0.1) is 6.54 Å². The monoisotopic (exact) mass is 352 g/mol. The van der Waals surface area contributed by atoms with E-state index in [0.717, 1.165) is 16.6 Å². The van der Waals surface area contributed by atoms with E-state index >= 15 is 0 Å². The van der Waals surface area contributed by atoms with Gasteiger partial charge in [-0.05, 0) is 36.1 Å². The van der Waals surface area contributed by atoms with Crippen LogP contribution < -0.4 is 10.6 Å². The first-order valence-electron chi connectivity index (χ1n) is 6.51. The number of nitrogens with one attached hydrogen (secondary N) is 2. The predicted octanol–water partition coefficient (Wildman–Crippen LogP) is 4.19. The van der Waals surface area contributed by atoms with Crippen LogP contribution in [-0.4, -0.2) is 12.5 Å². The highest BCUT2D eigenvalue weighted by atomic mass is 79.9. The highest BCUT2D eigenvalue weighted by Crippen LogP contribution is 2.21. The fourth-order valence-corrected chi connectivity index (χ4v) is 3.21. The normalized spacial score (nSPS) is 12.1. The van der Waals surface area contributed by atoms with Gasteiger partial charge in [-0.1, -0.05) is 35.0 Å². The van der Waals surface area contributed by atoms with E-state index in [4.69, 9.17) is 0 Å². The van der Waals surface area contributed by atoms with Gasteiger partial charge in [0.25, 0.3) is 0 Å². The number of hydrogen-bond acceptors (Lipinski definition) is 3. The summed E-state index contributed by atoms with van der Waals surface area (Å²) in [6.45, 7) is 2.42. The Bertz CT molecular complexity index is 557. The molecule has 0 radical (unpaired) electrons. The number of amides is 1. The number of rotatable bonds is 6. The Morgan fingerprint density at radius 2 is 2.20 bits per heavy atom. The van der Waals surface area contributed by atoms with Gasteiger partial charge in [0.15, 0.2) is 0 Å². The summed E-state index contributed by atoms with van der Waals surface area (Å²) in [5.74, 6) is -0.0295. The number of hydrogen-bond donors (Lipinski definition) is 2. The SMILES string of the molecule is CCC(NCC(=O)Nc1cccc(Br)c1)c1cccs1. The van der Waals surface area contributed by atoms with Crippen molar-refractivity contribution in [1.82, 2.24) is 5.32 Å². The number of carbonyl (C=O) groups excluding carboxylic acids is 1. The highest BCUT2D eigenvalue weighted by Gasteiger charge is 2.11. The Morgan fingerprint density at radius 3 is 2.85 bits per heavy atom. The van der Waals surface area contributed by atoms with Gasteiger partial charge in [0, 0.05) is 21.1 Å². The van der Waals surface area contributed by atoms with E-state index in [9.17, 15) is 4.79 Å². The molecule has 0 aliphatic heterocycles. The predicted molar refractivity (Wildman–Crippen MR) is 88.1 cm³/mol. The maximum atomic E-state index is 11.9. The zero-order chi connectivity index (χ0) is 14.4. The third kappa shape index (κ3) is 4.44. The Balaban J connectivity index is 1.85. The molecule has 20 heavy (non-hydrogen) atoms. The van der Waals surface area contributed by atoms with Crippen molar-refractivity contribution in [1.29, 1.82) is 0 Å². The highest BCUT2D eigenvalue weighted by molar-refractivity contribution is 9.10. The fraction of sp³-hybridized carbons (Fsp3) is 0.267. The molecule has 3 nitrogen and oxygen atoms in total. The van der Waals surface area contributed by atoms with Gasteiger partial charge in [0.1, 0.15) is 0 Å². The molecule has 0 saturated heterocycles. The molecular weight excluding hydrogens is 336 g/mol. The molecule has 5 heteroatoms. The summed E-state index contributed by atoms with van der Waals surface area (Å²) in [6.07, 6.45) is 0.963. The molecule has 0 spiro atoms. The summed E-state index contributed by atoms with van der Waals surface area (Å²) in [7, 11) is 0. The molecule has 1 unspecified atom stereocenters. The molecule has 106 valence electrons. The van der Waals surface area contributed by atoms with Gasteiger partial charge in [0.2, 0.25) is 5.91 Å². The van der Waals surface area contributed by atoms with Crippen molar-refractivity contribution in [3.63, 3.8) is 0 Å². The average Bonchev–Trinajstić information content (AvgIpc) is 2.93. The van der Waals surface area contributed by atoms with E-state index in [1.807, 2.05) is 30.3 Å². The molecule has 1 aromatic carbocycles. The molecule has 1 aromatic heterocycles. The molecule has 1 heterocycles. The molecule has 2 rings (SSSR count). The summed E-state index contributed by atoms with van der Waals surface area (Å²) in [6, 6.07) is 12.0.